The highest BCUT2D eigenvalue weighted by atomic mass is 16.5. The predicted octanol–water partition coefficient (Wildman–Crippen LogP) is 0.857. The van der Waals surface area contributed by atoms with Gasteiger partial charge in [0.1, 0.15) is 23.8 Å². The molecule has 6 nitrogen and oxygen atoms in total. The SMILES string of the molecule is Cc1nc(C(C)C)c2c(n1)N1CCNCC1COC2=O. The van der Waals surface area contributed by atoms with Crippen LogP contribution in [0.25, 0.3) is 0 Å². The van der Waals surface area contributed by atoms with E-state index in [1.54, 1.807) is 0 Å². The second-order valence-corrected chi connectivity index (χ2v) is 5.66. The van der Waals surface area contributed by atoms with Crippen molar-refractivity contribution in [2.45, 2.75) is 32.7 Å². The van der Waals surface area contributed by atoms with Crippen molar-refractivity contribution in [1.82, 2.24) is 15.3 Å². The first kappa shape index (κ1) is 13.3. The van der Waals surface area contributed by atoms with Gasteiger partial charge in [-0.25, -0.2) is 14.8 Å². The van der Waals surface area contributed by atoms with E-state index in [0.717, 1.165) is 31.1 Å². The molecule has 1 saturated heterocycles. The average Bonchev–Trinajstić information content (AvgIpc) is 2.56. The highest BCUT2D eigenvalue weighted by Gasteiger charge is 2.35. The Labute approximate surface area is 118 Å². The number of nitrogens with one attached hydrogen (secondary N) is 1. The second kappa shape index (κ2) is 5.01. The van der Waals surface area contributed by atoms with Crippen LogP contribution in [0.2, 0.25) is 0 Å². The van der Waals surface area contributed by atoms with Crippen molar-refractivity contribution in [3.63, 3.8) is 0 Å². The van der Waals surface area contributed by atoms with E-state index in [9.17, 15) is 4.79 Å². The zero-order valence-corrected chi connectivity index (χ0v) is 12.1. The van der Waals surface area contributed by atoms with Crippen molar-refractivity contribution in [3.8, 4) is 0 Å². The Morgan fingerprint density at radius 2 is 2.20 bits per heavy atom. The Balaban J connectivity index is 2.18. The van der Waals surface area contributed by atoms with E-state index in [4.69, 9.17) is 4.74 Å². The van der Waals surface area contributed by atoms with Gasteiger partial charge in [0.05, 0.1) is 11.7 Å². The third kappa shape index (κ3) is 2.14. The van der Waals surface area contributed by atoms with Crippen LogP contribution in [0.15, 0.2) is 0 Å². The van der Waals surface area contributed by atoms with Crippen molar-refractivity contribution >= 4 is 11.8 Å². The number of aryl methyl sites for hydroxylation is 1. The van der Waals surface area contributed by atoms with Crippen LogP contribution in [0.1, 0.15) is 41.6 Å². The van der Waals surface area contributed by atoms with E-state index in [1.165, 1.54) is 0 Å². The summed E-state index contributed by atoms with van der Waals surface area (Å²) in [6, 6.07) is 0.156. The number of cyclic esters (lactones) is 1. The van der Waals surface area contributed by atoms with Crippen LogP contribution in [0.3, 0.4) is 0 Å². The molecule has 108 valence electrons. The Hall–Kier alpha value is -1.69. The van der Waals surface area contributed by atoms with Crippen molar-refractivity contribution in [2.75, 3.05) is 31.1 Å². The zero-order chi connectivity index (χ0) is 14.3. The van der Waals surface area contributed by atoms with Crippen LogP contribution in [-0.2, 0) is 4.74 Å². The summed E-state index contributed by atoms with van der Waals surface area (Å²) < 4.78 is 5.43. The molecular weight excluding hydrogens is 256 g/mol. The van der Waals surface area contributed by atoms with Gasteiger partial charge in [-0.05, 0) is 12.8 Å². The Kier molecular flexibility index (Phi) is 3.33. The highest BCUT2D eigenvalue weighted by molar-refractivity contribution is 5.97. The van der Waals surface area contributed by atoms with Crippen molar-refractivity contribution < 1.29 is 9.53 Å². The van der Waals surface area contributed by atoms with E-state index in [1.807, 2.05) is 20.8 Å². The molecule has 3 rings (SSSR count). The number of ether oxygens (including phenoxy) is 1. The van der Waals surface area contributed by atoms with Crippen molar-refractivity contribution in [2.24, 2.45) is 0 Å². The summed E-state index contributed by atoms with van der Waals surface area (Å²) in [5.74, 6) is 1.32. The van der Waals surface area contributed by atoms with Gasteiger partial charge in [-0.2, -0.15) is 0 Å². The number of hydrogen-bond acceptors (Lipinski definition) is 6. The van der Waals surface area contributed by atoms with E-state index in [2.05, 4.69) is 20.2 Å². The van der Waals surface area contributed by atoms with Gasteiger partial charge in [-0.15, -0.1) is 0 Å². The highest BCUT2D eigenvalue weighted by Crippen LogP contribution is 2.30. The summed E-state index contributed by atoms with van der Waals surface area (Å²) in [7, 11) is 0. The van der Waals surface area contributed by atoms with Crippen LogP contribution in [0.5, 0.6) is 0 Å². The molecule has 20 heavy (non-hydrogen) atoms. The summed E-state index contributed by atoms with van der Waals surface area (Å²) in [5.41, 5.74) is 1.34. The fourth-order valence-corrected chi connectivity index (χ4v) is 2.83. The maximum Gasteiger partial charge on any atom is 0.343 e. The molecule has 0 amide bonds. The number of nitrogens with zero attached hydrogens (tertiary/aromatic N) is 3. The fraction of sp³-hybridized carbons (Fsp3) is 0.643. The minimum absolute atomic E-state index is 0.156. The van der Waals surface area contributed by atoms with Crippen LogP contribution >= 0.6 is 0 Å². The molecule has 2 aliphatic heterocycles. The van der Waals surface area contributed by atoms with Gasteiger partial charge in [0.15, 0.2) is 0 Å². The lowest BCUT2D eigenvalue weighted by atomic mass is 10.0. The average molecular weight is 276 g/mol. The van der Waals surface area contributed by atoms with Gasteiger partial charge in [0.25, 0.3) is 0 Å². The molecule has 0 spiro atoms. The minimum atomic E-state index is -0.293. The first-order chi connectivity index (χ1) is 9.58. The molecular formula is C14H20N4O2. The van der Waals surface area contributed by atoms with Crippen LogP contribution in [0.4, 0.5) is 5.82 Å². The maximum atomic E-state index is 12.3. The van der Waals surface area contributed by atoms with Crippen LogP contribution < -0.4 is 10.2 Å². The van der Waals surface area contributed by atoms with Gasteiger partial charge >= 0.3 is 5.97 Å². The molecule has 0 saturated carbocycles. The molecule has 1 N–H and O–H groups in total. The number of piperazine rings is 1. The number of esters is 1. The third-order valence-corrected chi connectivity index (χ3v) is 3.81. The van der Waals surface area contributed by atoms with Crippen molar-refractivity contribution in [3.05, 3.63) is 17.1 Å². The number of anilines is 1. The molecule has 3 heterocycles. The summed E-state index contributed by atoms with van der Waals surface area (Å²) in [5, 5.41) is 3.33. The van der Waals surface area contributed by atoms with E-state index < -0.39 is 0 Å². The molecule has 1 aromatic rings. The minimum Gasteiger partial charge on any atom is -0.460 e. The lowest BCUT2D eigenvalue weighted by Crippen LogP contribution is -2.53. The monoisotopic (exact) mass is 276 g/mol. The number of fused-ring (bicyclic) bond motifs is 3. The summed E-state index contributed by atoms with van der Waals surface area (Å²) in [6.07, 6.45) is 0. The second-order valence-electron chi connectivity index (χ2n) is 5.66. The quantitative estimate of drug-likeness (QED) is 0.767. The summed E-state index contributed by atoms with van der Waals surface area (Å²) in [4.78, 5) is 23.5. The van der Waals surface area contributed by atoms with Gasteiger partial charge in [-0.1, -0.05) is 13.8 Å². The van der Waals surface area contributed by atoms with E-state index in [0.29, 0.717) is 18.0 Å². The fourth-order valence-electron chi connectivity index (χ4n) is 2.83. The molecule has 1 aromatic heterocycles. The first-order valence-corrected chi connectivity index (χ1v) is 7.11. The molecule has 6 heteroatoms. The molecule has 1 unspecified atom stereocenters. The Morgan fingerprint density at radius 1 is 1.40 bits per heavy atom. The van der Waals surface area contributed by atoms with E-state index in [-0.39, 0.29) is 17.9 Å². The molecule has 1 fully saturated rings. The first-order valence-electron chi connectivity index (χ1n) is 7.11. The predicted molar refractivity (Wildman–Crippen MR) is 75.1 cm³/mol. The molecule has 1 atom stereocenters. The van der Waals surface area contributed by atoms with Crippen molar-refractivity contribution in [1.29, 1.82) is 0 Å². The van der Waals surface area contributed by atoms with Crippen LogP contribution in [0, 0.1) is 6.92 Å². The molecule has 2 aliphatic rings. The lowest BCUT2D eigenvalue weighted by molar-refractivity contribution is 0.0488. The van der Waals surface area contributed by atoms with Gasteiger partial charge in [0, 0.05) is 19.6 Å². The Morgan fingerprint density at radius 3 is 2.95 bits per heavy atom. The maximum absolute atomic E-state index is 12.3. The van der Waals surface area contributed by atoms with Gasteiger partial charge in [-0.3, -0.25) is 0 Å². The van der Waals surface area contributed by atoms with Gasteiger partial charge in [0.2, 0.25) is 0 Å². The molecule has 0 aromatic carbocycles. The smallest absolute Gasteiger partial charge is 0.343 e. The number of aromatic nitrogens is 2. The largest absolute Gasteiger partial charge is 0.460 e. The summed E-state index contributed by atoms with van der Waals surface area (Å²) >= 11 is 0. The van der Waals surface area contributed by atoms with E-state index >= 15 is 0 Å². The summed E-state index contributed by atoms with van der Waals surface area (Å²) in [6.45, 7) is 8.89. The molecule has 0 aliphatic carbocycles. The standard InChI is InChI=1S/C14H20N4O2/c1-8(2)12-11-13(17-9(3)16-12)18-5-4-15-6-10(18)7-20-14(11)19/h8,10,15H,4-7H2,1-3H3. The lowest BCUT2D eigenvalue weighted by Gasteiger charge is -2.35. The van der Waals surface area contributed by atoms with Crippen LogP contribution in [-0.4, -0.2) is 48.2 Å². The van der Waals surface area contributed by atoms with Gasteiger partial charge < -0.3 is 15.0 Å². The number of carbonyl (C=O) groups excluding carboxylic acids is 1. The number of carbonyl (C=O) groups is 1. The topological polar surface area (TPSA) is 67.3 Å². The Bertz CT molecular complexity index is 544. The zero-order valence-electron chi connectivity index (χ0n) is 12.1. The number of rotatable bonds is 1. The normalized spacial score (nSPS) is 22.1. The third-order valence-electron chi connectivity index (χ3n) is 3.81. The number of hydrogen-bond donors (Lipinski definition) is 1. The molecule has 0 bridgehead atoms. The molecule has 0 radical (unpaired) electrons.